The van der Waals surface area contributed by atoms with Crippen molar-refractivity contribution in [2.24, 2.45) is 0 Å². The highest BCUT2D eigenvalue weighted by atomic mass is 16.5. The SMILES string of the molecule is COc1ccc(C)cc1C(=O)N(C)CCCC(=O)O. The summed E-state index contributed by atoms with van der Waals surface area (Å²) in [5, 5.41) is 8.58. The van der Waals surface area contributed by atoms with Gasteiger partial charge in [0.05, 0.1) is 12.7 Å². The second-order valence-corrected chi connectivity index (χ2v) is 4.43. The Bertz CT molecular complexity index is 471. The third kappa shape index (κ3) is 4.28. The lowest BCUT2D eigenvalue weighted by atomic mass is 10.1. The summed E-state index contributed by atoms with van der Waals surface area (Å²) in [5.41, 5.74) is 1.48. The summed E-state index contributed by atoms with van der Waals surface area (Å²) in [5.74, 6) is -0.486. The van der Waals surface area contributed by atoms with Crippen LogP contribution in [-0.2, 0) is 4.79 Å². The smallest absolute Gasteiger partial charge is 0.303 e. The number of amides is 1. The van der Waals surface area contributed by atoms with Gasteiger partial charge in [0.25, 0.3) is 5.91 Å². The van der Waals surface area contributed by atoms with Crippen LogP contribution in [0.2, 0.25) is 0 Å². The summed E-state index contributed by atoms with van der Waals surface area (Å²) in [6.07, 6.45) is 0.494. The first-order valence-electron chi connectivity index (χ1n) is 6.07. The van der Waals surface area contributed by atoms with Crippen LogP contribution in [0.1, 0.15) is 28.8 Å². The number of ether oxygens (including phenoxy) is 1. The maximum absolute atomic E-state index is 12.3. The standard InChI is InChI=1S/C14H19NO4/c1-10-6-7-12(19-3)11(9-10)14(18)15(2)8-4-5-13(16)17/h6-7,9H,4-5,8H2,1-3H3,(H,16,17). The van der Waals surface area contributed by atoms with Gasteiger partial charge in [0.2, 0.25) is 0 Å². The maximum Gasteiger partial charge on any atom is 0.303 e. The van der Waals surface area contributed by atoms with Crippen molar-refractivity contribution in [1.29, 1.82) is 0 Å². The van der Waals surface area contributed by atoms with Crippen molar-refractivity contribution in [3.63, 3.8) is 0 Å². The molecule has 0 spiro atoms. The molecule has 1 rings (SSSR count). The summed E-state index contributed by atoms with van der Waals surface area (Å²) in [4.78, 5) is 24.2. The zero-order chi connectivity index (χ0) is 14.4. The molecule has 0 fully saturated rings. The zero-order valence-corrected chi connectivity index (χ0v) is 11.5. The number of aryl methyl sites for hydroxylation is 1. The van der Waals surface area contributed by atoms with E-state index in [-0.39, 0.29) is 12.3 Å². The lowest BCUT2D eigenvalue weighted by Crippen LogP contribution is -2.28. The number of nitrogens with zero attached hydrogens (tertiary/aromatic N) is 1. The van der Waals surface area contributed by atoms with Crippen LogP contribution in [0.5, 0.6) is 5.75 Å². The van der Waals surface area contributed by atoms with Gasteiger partial charge in [0.15, 0.2) is 0 Å². The fourth-order valence-electron chi connectivity index (χ4n) is 1.76. The highest BCUT2D eigenvalue weighted by Crippen LogP contribution is 2.21. The number of aliphatic carboxylic acids is 1. The number of methoxy groups -OCH3 is 1. The van der Waals surface area contributed by atoms with Crippen molar-refractivity contribution >= 4 is 11.9 Å². The molecule has 0 radical (unpaired) electrons. The number of hydrogen-bond donors (Lipinski definition) is 1. The van der Waals surface area contributed by atoms with E-state index in [2.05, 4.69) is 0 Å². The number of carboxylic acids is 1. The van der Waals surface area contributed by atoms with Gasteiger partial charge in [-0.05, 0) is 25.5 Å². The predicted molar refractivity (Wildman–Crippen MR) is 71.6 cm³/mol. The van der Waals surface area contributed by atoms with E-state index in [1.165, 1.54) is 12.0 Å². The summed E-state index contributed by atoms with van der Waals surface area (Å²) < 4.78 is 5.17. The Balaban J connectivity index is 2.76. The fourth-order valence-corrected chi connectivity index (χ4v) is 1.76. The molecule has 0 atom stereocenters. The van der Waals surface area contributed by atoms with Gasteiger partial charge in [0, 0.05) is 20.0 Å². The van der Waals surface area contributed by atoms with Gasteiger partial charge in [0.1, 0.15) is 5.75 Å². The Morgan fingerprint density at radius 3 is 2.63 bits per heavy atom. The summed E-state index contributed by atoms with van der Waals surface area (Å²) in [6.45, 7) is 2.31. The Hall–Kier alpha value is -2.04. The lowest BCUT2D eigenvalue weighted by Gasteiger charge is -2.18. The van der Waals surface area contributed by atoms with Crippen molar-refractivity contribution in [3.05, 3.63) is 29.3 Å². The van der Waals surface area contributed by atoms with E-state index in [0.717, 1.165) is 5.56 Å². The molecule has 5 heteroatoms. The molecule has 5 nitrogen and oxygen atoms in total. The van der Waals surface area contributed by atoms with Gasteiger partial charge in [-0.25, -0.2) is 0 Å². The Labute approximate surface area is 112 Å². The summed E-state index contributed by atoms with van der Waals surface area (Å²) in [7, 11) is 3.18. The molecular formula is C14H19NO4. The molecule has 1 N–H and O–H groups in total. The van der Waals surface area contributed by atoms with Crippen molar-refractivity contribution < 1.29 is 19.4 Å². The van der Waals surface area contributed by atoms with E-state index in [0.29, 0.717) is 24.3 Å². The van der Waals surface area contributed by atoms with Crippen LogP contribution < -0.4 is 4.74 Å². The molecule has 0 unspecified atom stereocenters. The van der Waals surface area contributed by atoms with E-state index >= 15 is 0 Å². The summed E-state index contributed by atoms with van der Waals surface area (Å²) >= 11 is 0. The minimum atomic E-state index is -0.853. The number of hydrogen-bond acceptors (Lipinski definition) is 3. The molecule has 0 heterocycles. The van der Waals surface area contributed by atoms with E-state index in [4.69, 9.17) is 9.84 Å². The molecule has 0 aliphatic heterocycles. The average molecular weight is 265 g/mol. The molecule has 1 aromatic carbocycles. The van der Waals surface area contributed by atoms with Gasteiger partial charge in [-0.1, -0.05) is 11.6 Å². The van der Waals surface area contributed by atoms with Crippen molar-refractivity contribution in [1.82, 2.24) is 4.90 Å². The van der Waals surface area contributed by atoms with Gasteiger partial charge in [-0.3, -0.25) is 9.59 Å². The van der Waals surface area contributed by atoms with E-state index < -0.39 is 5.97 Å². The largest absolute Gasteiger partial charge is 0.496 e. The molecule has 0 aromatic heterocycles. The average Bonchev–Trinajstić information content (AvgIpc) is 2.37. The van der Waals surface area contributed by atoms with Gasteiger partial charge in [-0.15, -0.1) is 0 Å². The predicted octanol–water partition coefficient (Wildman–Crippen LogP) is 1.94. The Kier molecular flexibility index (Phi) is 5.36. The van der Waals surface area contributed by atoms with Crippen molar-refractivity contribution in [3.8, 4) is 5.75 Å². The Morgan fingerprint density at radius 2 is 2.05 bits per heavy atom. The number of rotatable bonds is 6. The third-order valence-electron chi connectivity index (χ3n) is 2.82. The van der Waals surface area contributed by atoms with E-state index in [1.807, 2.05) is 13.0 Å². The highest BCUT2D eigenvalue weighted by molar-refractivity contribution is 5.97. The third-order valence-corrected chi connectivity index (χ3v) is 2.82. The van der Waals surface area contributed by atoms with Crippen LogP contribution in [0, 0.1) is 6.92 Å². The van der Waals surface area contributed by atoms with Crippen LogP contribution in [0.15, 0.2) is 18.2 Å². The highest BCUT2D eigenvalue weighted by Gasteiger charge is 2.16. The molecule has 0 aliphatic carbocycles. The molecule has 1 amide bonds. The van der Waals surface area contributed by atoms with Crippen LogP contribution in [0.4, 0.5) is 0 Å². The van der Waals surface area contributed by atoms with Crippen LogP contribution in [-0.4, -0.2) is 42.6 Å². The number of carboxylic acid groups (broad SMARTS) is 1. The first kappa shape index (κ1) is 15.0. The van der Waals surface area contributed by atoms with E-state index in [9.17, 15) is 9.59 Å². The number of benzene rings is 1. The van der Waals surface area contributed by atoms with Gasteiger partial charge in [-0.2, -0.15) is 0 Å². The van der Waals surface area contributed by atoms with E-state index in [1.54, 1.807) is 19.2 Å². The second-order valence-electron chi connectivity index (χ2n) is 4.43. The first-order valence-corrected chi connectivity index (χ1v) is 6.07. The Morgan fingerprint density at radius 1 is 1.37 bits per heavy atom. The normalized spacial score (nSPS) is 10.1. The minimum absolute atomic E-state index is 0.0581. The molecule has 0 saturated carbocycles. The zero-order valence-electron chi connectivity index (χ0n) is 11.5. The van der Waals surface area contributed by atoms with Crippen molar-refractivity contribution in [2.75, 3.05) is 20.7 Å². The number of carbonyl (C=O) groups is 2. The fraction of sp³-hybridized carbons (Fsp3) is 0.429. The van der Waals surface area contributed by atoms with Crippen LogP contribution in [0.3, 0.4) is 0 Å². The molecule has 104 valence electrons. The lowest BCUT2D eigenvalue weighted by molar-refractivity contribution is -0.137. The number of carbonyl (C=O) groups excluding carboxylic acids is 1. The maximum atomic E-state index is 12.3. The molecular weight excluding hydrogens is 246 g/mol. The van der Waals surface area contributed by atoms with Gasteiger partial charge >= 0.3 is 5.97 Å². The molecule has 0 saturated heterocycles. The quantitative estimate of drug-likeness (QED) is 0.853. The van der Waals surface area contributed by atoms with Crippen LogP contribution in [0.25, 0.3) is 0 Å². The summed E-state index contributed by atoms with van der Waals surface area (Å²) in [6, 6.07) is 5.41. The molecule has 0 bridgehead atoms. The molecule has 19 heavy (non-hydrogen) atoms. The molecule has 0 aliphatic rings. The monoisotopic (exact) mass is 265 g/mol. The molecule has 1 aromatic rings. The first-order chi connectivity index (χ1) is 8.95. The minimum Gasteiger partial charge on any atom is -0.496 e. The van der Waals surface area contributed by atoms with Gasteiger partial charge < -0.3 is 14.7 Å². The second kappa shape index (κ2) is 6.78. The van der Waals surface area contributed by atoms with Crippen LogP contribution >= 0.6 is 0 Å². The topological polar surface area (TPSA) is 66.8 Å². The van der Waals surface area contributed by atoms with Crippen molar-refractivity contribution in [2.45, 2.75) is 19.8 Å².